The molecule has 3 rings (SSSR count). The van der Waals surface area contributed by atoms with Gasteiger partial charge in [-0.05, 0) is 55.0 Å². The molecule has 3 aromatic rings. The van der Waals surface area contributed by atoms with Crippen molar-refractivity contribution in [3.8, 4) is 17.3 Å². The Hall–Kier alpha value is -3.92. The number of nitrogens with zero attached hydrogens (tertiary/aromatic N) is 2. The summed E-state index contributed by atoms with van der Waals surface area (Å²) in [4.78, 5) is 27.1. The second-order valence-electron chi connectivity index (χ2n) is 6.34. The van der Waals surface area contributed by atoms with Crippen LogP contribution in [-0.2, 0) is 0 Å². The topological polar surface area (TPSA) is 121 Å². The van der Waals surface area contributed by atoms with Gasteiger partial charge in [0.15, 0.2) is 5.11 Å². The van der Waals surface area contributed by atoms with Crippen molar-refractivity contribution in [1.82, 2.24) is 15.0 Å². The number of anilines is 1. The third-order valence-corrected chi connectivity index (χ3v) is 4.56. The number of H-pyrrole nitrogens is 1. The van der Waals surface area contributed by atoms with E-state index in [-0.39, 0.29) is 16.4 Å². The molecule has 1 aromatic heterocycles. The van der Waals surface area contributed by atoms with Gasteiger partial charge in [0.05, 0.1) is 18.5 Å². The molecule has 0 spiro atoms. The zero-order valence-electron chi connectivity index (χ0n) is 16.9. The largest absolute Gasteiger partial charge is 0.497 e. The number of nitrogens with one attached hydrogen (secondary N) is 3. The molecule has 1 heterocycles. The Labute approximate surface area is 183 Å². The van der Waals surface area contributed by atoms with Crippen molar-refractivity contribution < 1.29 is 9.84 Å². The fourth-order valence-electron chi connectivity index (χ4n) is 2.87. The van der Waals surface area contributed by atoms with Crippen molar-refractivity contribution in [3.63, 3.8) is 0 Å². The van der Waals surface area contributed by atoms with Gasteiger partial charge in [-0.15, -0.1) is 0 Å². The highest BCUT2D eigenvalue weighted by molar-refractivity contribution is 7.80. The molecule has 0 atom stereocenters. The van der Waals surface area contributed by atoms with Gasteiger partial charge in [0.1, 0.15) is 11.3 Å². The third-order valence-electron chi connectivity index (χ3n) is 4.36. The van der Waals surface area contributed by atoms with Crippen LogP contribution in [0.15, 0.2) is 69.3 Å². The summed E-state index contributed by atoms with van der Waals surface area (Å²) in [6, 6.07) is 15.7. The monoisotopic (exact) mass is 439 g/mol. The summed E-state index contributed by atoms with van der Waals surface area (Å²) >= 11 is 5.22. The smallest absolute Gasteiger partial charge is 0.335 e. The summed E-state index contributed by atoms with van der Waals surface area (Å²) in [6.45, 7) is 1.76. The van der Waals surface area contributed by atoms with Crippen LogP contribution in [-0.4, -0.2) is 32.6 Å². The van der Waals surface area contributed by atoms with Crippen molar-refractivity contribution >= 4 is 28.7 Å². The Morgan fingerprint density at radius 3 is 2.45 bits per heavy atom. The van der Waals surface area contributed by atoms with E-state index in [1.54, 1.807) is 31.2 Å². The lowest BCUT2D eigenvalue weighted by molar-refractivity contribution is 0.414. The first-order chi connectivity index (χ1) is 14.9. The van der Waals surface area contributed by atoms with Gasteiger partial charge < -0.3 is 15.2 Å². The second kappa shape index (κ2) is 9.72. The minimum atomic E-state index is -0.777. The molecule has 0 bridgehead atoms. The number of para-hydroxylation sites is 1. The zero-order chi connectivity index (χ0) is 22.4. The molecule has 10 heteroatoms. The van der Waals surface area contributed by atoms with E-state index in [9.17, 15) is 14.7 Å². The first kappa shape index (κ1) is 21.8. The van der Waals surface area contributed by atoms with E-state index in [0.717, 1.165) is 10.3 Å². The predicted molar refractivity (Wildman–Crippen MR) is 124 cm³/mol. The maximum Gasteiger partial charge on any atom is 0.335 e. The number of hydrazone groups is 1. The summed E-state index contributed by atoms with van der Waals surface area (Å²) in [5.41, 5.74) is 2.34. The highest BCUT2D eigenvalue weighted by Gasteiger charge is 2.19. The van der Waals surface area contributed by atoms with Crippen molar-refractivity contribution in [2.24, 2.45) is 5.10 Å². The Balaban J connectivity index is 1.95. The molecular formula is C21H21N5O4S. The predicted octanol–water partition coefficient (Wildman–Crippen LogP) is 2.34. The van der Waals surface area contributed by atoms with Gasteiger partial charge >= 0.3 is 5.69 Å². The summed E-state index contributed by atoms with van der Waals surface area (Å²) in [5.74, 6) is 0.0589. The minimum absolute atomic E-state index is 0.132. The average Bonchev–Trinajstić information content (AvgIpc) is 2.76. The number of thiocarbonyl (C=S) groups is 1. The third kappa shape index (κ3) is 4.98. The van der Waals surface area contributed by atoms with E-state index < -0.39 is 17.1 Å². The molecular weight excluding hydrogens is 418 g/mol. The fraction of sp³-hybridized carbons (Fsp3) is 0.143. The number of rotatable bonds is 6. The van der Waals surface area contributed by atoms with Crippen LogP contribution in [0.25, 0.3) is 5.69 Å². The molecule has 0 radical (unpaired) electrons. The van der Waals surface area contributed by atoms with Crippen LogP contribution in [0, 0.1) is 0 Å². The van der Waals surface area contributed by atoms with Gasteiger partial charge in [-0.25, -0.2) is 9.36 Å². The molecule has 2 aromatic carbocycles. The lowest BCUT2D eigenvalue weighted by Crippen LogP contribution is -2.34. The lowest BCUT2D eigenvalue weighted by atomic mass is 10.1. The van der Waals surface area contributed by atoms with E-state index in [0.29, 0.717) is 17.9 Å². The lowest BCUT2D eigenvalue weighted by Gasteiger charge is -2.13. The van der Waals surface area contributed by atoms with Gasteiger partial charge in [0, 0.05) is 5.69 Å². The number of methoxy groups -OCH3 is 1. The van der Waals surface area contributed by atoms with Crippen molar-refractivity contribution in [1.29, 1.82) is 0 Å². The van der Waals surface area contributed by atoms with Gasteiger partial charge in [0.2, 0.25) is 5.88 Å². The molecule has 0 saturated heterocycles. The van der Waals surface area contributed by atoms with Crippen LogP contribution < -0.4 is 26.7 Å². The van der Waals surface area contributed by atoms with Gasteiger partial charge in [-0.2, -0.15) is 5.10 Å². The Morgan fingerprint density at radius 2 is 1.84 bits per heavy atom. The normalized spacial score (nSPS) is 11.1. The Kier molecular flexibility index (Phi) is 6.83. The second-order valence-corrected chi connectivity index (χ2v) is 6.74. The maximum atomic E-state index is 12.5. The number of aromatic nitrogens is 2. The molecule has 0 unspecified atom stereocenters. The highest BCUT2D eigenvalue weighted by atomic mass is 32.1. The van der Waals surface area contributed by atoms with Crippen molar-refractivity contribution in [2.75, 3.05) is 12.4 Å². The number of aromatic hydroxyl groups is 1. The molecule has 0 saturated carbocycles. The molecule has 0 aliphatic heterocycles. The summed E-state index contributed by atoms with van der Waals surface area (Å²) in [7, 11) is 1.52. The molecule has 0 aliphatic carbocycles. The molecule has 31 heavy (non-hydrogen) atoms. The molecule has 9 nitrogen and oxygen atoms in total. The summed E-state index contributed by atoms with van der Waals surface area (Å²) in [5, 5.41) is 18.1. The number of benzene rings is 2. The standard InChI is InChI=1S/C21H21N5O4S/c1-3-16(24-25-20(31)22-13-7-5-4-6-8-13)17-18(27)23-21(29)26(19(17)28)14-9-11-15(30-2)12-10-14/h4-12,28H,3H2,1-2H3,(H2,22,25,31)(H,23,27,29). The highest BCUT2D eigenvalue weighted by Crippen LogP contribution is 2.20. The van der Waals surface area contributed by atoms with Gasteiger partial charge in [0.25, 0.3) is 5.56 Å². The first-order valence-electron chi connectivity index (χ1n) is 9.36. The molecule has 0 amide bonds. The molecule has 0 fully saturated rings. The molecule has 0 aliphatic rings. The maximum absolute atomic E-state index is 12.5. The number of aromatic amines is 1. The number of ether oxygens (including phenoxy) is 1. The van der Waals surface area contributed by atoms with Gasteiger partial charge in [-0.3, -0.25) is 15.2 Å². The minimum Gasteiger partial charge on any atom is -0.497 e. The SMILES string of the molecule is CCC(=NNC(=S)Nc1ccccc1)c1c(O)n(-c2ccc(OC)cc2)c(=O)[nH]c1=O. The van der Waals surface area contributed by atoms with Crippen LogP contribution in [0.5, 0.6) is 11.6 Å². The number of hydrogen-bond donors (Lipinski definition) is 4. The fourth-order valence-corrected chi connectivity index (χ4v) is 3.03. The molecule has 4 N–H and O–H groups in total. The zero-order valence-corrected chi connectivity index (χ0v) is 17.7. The first-order valence-corrected chi connectivity index (χ1v) is 9.77. The van der Waals surface area contributed by atoms with E-state index in [1.807, 2.05) is 30.3 Å². The van der Waals surface area contributed by atoms with E-state index in [1.165, 1.54) is 7.11 Å². The van der Waals surface area contributed by atoms with Crippen LogP contribution in [0.2, 0.25) is 0 Å². The van der Waals surface area contributed by atoms with E-state index in [4.69, 9.17) is 17.0 Å². The number of hydrogen-bond acceptors (Lipinski definition) is 6. The quantitative estimate of drug-likeness (QED) is 0.264. The van der Waals surface area contributed by atoms with Crippen LogP contribution in [0.3, 0.4) is 0 Å². The Bertz CT molecular complexity index is 1220. The van der Waals surface area contributed by atoms with Crippen molar-refractivity contribution in [2.45, 2.75) is 13.3 Å². The Morgan fingerprint density at radius 1 is 1.16 bits per heavy atom. The van der Waals surface area contributed by atoms with Crippen molar-refractivity contribution in [3.05, 3.63) is 81.0 Å². The van der Waals surface area contributed by atoms with Crippen LogP contribution >= 0.6 is 12.2 Å². The van der Waals surface area contributed by atoms with Gasteiger partial charge in [-0.1, -0.05) is 25.1 Å². The van der Waals surface area contributed by atoms with E-state index in [2.05, 4.69) is 20.8 Å². The average molecular weight is 439 g/mol. The van der Waals surface area contributed by atoms with E-state index >= 15 is 0 Å². The molecule has 160 valence electrons. The summed E-state index contributed by atoms with van der Waals surface area (Å²) in [6.07, 6.45) is 0.290. The summed E-state index contributed by atoms with van der Waals surface area (Å²) < 4.78 is 6.10. The van der Waals surface area contributed by atoms with Crippen LogP contribution in [0.4, 0.5) is 5.69 Å². The van der Waals surface area contributed by atoms with Crippen LogP contribution in [0.1, 0.15) is 18.9 Å².